The lowest BCUT2D eigenvalue weighted by Gasteiger charge is -2.01. The zero-order valence-electron chi connectivity index (χ0n) is 8.72. The maximum atomic E-state index is 11.9. The van der Waals surface area contributed by atoms with Crippen LogP contribution in [0.2, 0.25) is 5.02 Å². The number of benzene rings is 1. The molecule has 0 spiro atoms. The molecular weight excluding hydrogens is 238 g/mol. The van der Waals surface area contributed by atoms with Crippen molar-refractivity contribution in [2.45, 2.75) is 0 Å². The first-order chi connectivity index (χ1) is 8.27. The molecule has 0 aliphatic heterocycles. The molecule has 1 aromatic carbocycles. The third-order valence-electron chi connectivity index (χ3n) is 2.57. The lowest BCUT2D eigenvalue weighted by atomic mass is 10.3. The number of para-hydroxylation sites is 1. The summed E-state index contributed by atoms with van der Waals surface area (Å²) in [5, 5.41) is 0.530. The molecule has 0 aliphatic carbocycles. The van der Waals surface area contributed by atoms with Gasteiger partial charge in [-0.25, -0.2) is 4.79 Å². The summed E-state index contributed by atoms with van der Waals surface area (Å²) in [5.41, 5.74) is 1.88. The fraction of sp³-hybridized carbons (Fsp3) is 0. The van der Waals surface area contributed by atoms with Crippen molar-refractivity contribution < 1.29 is 0 Å². The number of rotatable bonds is 1. The molecule has 3 aromatic rings. The Morgan fingerprint density at radius 1 is 1.24 bits per heavy atom. The zero-order valence-corrected chi connectivity index (χ0v) is 9.48. The van der Waals surface area contributed by atoms with Crippen LogP contribution in [0.3, 0.4) is 0 Å². The number of nitrogens with zero attached hydrogens (tertiary/aromatic N) is 2. The normalized spacial score (nSPS) is 10.9. The second-order valence-corrected chi connectivity index (χ2v) is 4.02. The molecule has 0 bridgehead atoms. The smallest absolute Gasteiger partial charge is 0.304 e. The van der Waals surface area contributed by atoms with Gasteiger partial charge in [-0.2, -0.15) is 0 Å². The Bertz CT molecular complexity index is 730. The second-order valence-electron chi connectivity index (χ2n) is 3.61. The molecule has 84 valence electrons. The highest BCUT2D eigenvalue weighted by atomic mass is 35.5. The molecule has 0 saturated heterocycles. The lowest BCUT2D eigenvalue weighted by molar-refractivity contribution is 1.00. The van der Waals surface area contributed by atoms with E-state index in [1.165, 1.54) is 0 Å². The highest BCUT2D eigenvalue weighted by Crippen LogP contribution is 2.21. The SMILES string of the molecule is O=c1[nH]c2c(Cl)cccc2n1-c1cccnc1. The predicted octanol–water partition coefficient (Wildman–Crippen LogP) is 2.37. The summed E-state index contributed by atoms with van der Waals surface area (Å²) in [5.74, 6) is 0. The molecule has 3 rings (SSSR count). The number of aromatic nitrogens is 3. The molecule has 4 nitrogen and oxygen atoms in total. The molecule has 0 amide bonds. The summed E-state index contributed by atoms with van der Waals surface area (Å²) in [4.78, 5) is 18.7. The standard InChI is InChI=1S/C12H8ClN3O/c13-9-4-1-5-10-11(9)15-12(17)16(10)8-3-2-6-14-7-8/h1-7H,(H,15,17). The molecule has 5 heteroatoms. The Balaban J connectivity index is 2.42. The van der Waals surface area contributed by atoms with E-state index >= 15 is 0 Å². The minimum absolute atomic E-state index is 0.221. The summed E-state index contributed by atoms with van der Waals surface area (Å²) < 4.78 is 1.55. The van der Waals surface area contributed by atoms with Crippen molar-refractivity contribution >= 4 is 22.6 Å². The second kappa shape index (κ2) is 3.75. The summed E-state index contributed by atoms with van der Waals surface area (Å²) in [6.07, 6.45) is 3.30. The maximum absolute atomic E-state index is 11.9. The van der Waals surface area contributed by atoms with E-state index < -0.39 is 0 Å². The molecule has 1 N–H and O–H groups in total. The highest BCUT2D eigenvalue weighted by Gasteiger charge is 2.10. The van der Waals surface area contributed by atoms with E-state index in [0.717, 1.165) is 5.52 Å². The van der Waals surface area contributed by atoms with Crippen molar-refractivity contribution in [3.63, 3.8) is 0 Å². The van der Waals surface area contributed by atoms with Crippen LogP contribution < -0.4 is 5.69 Å². The van der Waals surface area contributed by atoms with Crippen LogP contribution in [0, 0.1) is 0 Å². The third-order valence-corrected chi connectivity index (χ3v) is 2.89. The van der Waals surface area contributed by atoms with Gasteiger partial charge in [0, 0.05) is 6.20 Å². The van der Waals surface area contributed by atoms with E-state index in [1.54, 1.807) is 29.1 Å². The molecule has 17 heavy (non-hydrogen) atoms. The first kappa shape index (κ1) is 10.1. The van der Waals surface area contributed by atoms with Crippen molar-refractivity contribution in [2.24, 2.45) is 0 Å². The van der Waals surface area contributed by atoms with Gasteiger partial charge in [-0.05, 0) is 24.3 Å². The largest absolute Gasteiger partial charge is 0.331 e. The topological polar surface area (TPSA) is 50.7 Å². The van der Waals surface area contributed by atoms with Gasteiger partial charge < -0.3 is 4.98 Å². The summed E-state index contributed by atoms with van der Waals surface area (Å²) in [6.45, 7) is 0. The van der Waals surface area contributed by atoms with Crippen molar-refractivity contribution in [3.05, 3.63) is 58.2 Å². The van der Waals surface area contributed by atoms with Crippen LogP contribution in [-0.2, 0) is 0 Å². The molecule has 0 saturated carbocycles. The Hall–Kier alpha value is -2.07. The Kier molecular flexibility index (Phi) is 2.23. The lowest BCUT2D eigenvalue weighted by Crippen LogP contribution is -2.14. The molecule has 2 aromatic heterocycles. The zero-order chi connectivity index (χ0) is 11.8. The van der Waals surface area contributed by atoms with E-state index in [-0.39, 0.29) is 5.69 Å². The van der Waals surface area contributed by atoms with Gasteiger partial charge in [-0.15, -0.1) is 0 Å². The summed E-state index contributed by atoms with van der Waals surface area (Å²) in [6, 6.07) is 9.00. The van der Waals surface area contributed by atoms with Crippen LogP contribution in [0.15, 0.2) is 47.5 Å². The van der Waals surface area contributed by atoms with E-state index in [2.05, 4.69) is 9.97 Å². The minimum Gasteiger partial charge on any atom is -0.304 e. The highest BCUT2D eigenvalue weighted by molar-refractivity contribution is 6.34. The van der Waals surface area contributed by atoms with E-state index in [1.807, 2.05) is 18.2 Å². The average molecular weight is 246 g/mol. The fourth-order valence-electron chi connectivity index (χ4n) is 1.84. The van der Waals surface area contributed by atoms with Gasteiger partial charge in [0.1, 0.15) is 0 Å². The first-order valence-electron chi connectivity index (χ1n) is 5.07. The van der Waals surface area contributed by atoms with E-state index in [9.17, 15) is 4.79 Å². The number of nitrogens with one attached hydrogen (secondary N) is 1. The van der Waals surface area contributed by atoms with Crippen LogP contribution >= 0.6 is 11.6 Å². The van der Waals surface area contributed by atoms with E-state index in [0.29, 0.717) is 16.2 Å². The van der Waals surface area contributed by atoms with Crippen LogP contribution in [0.25, 0.3) is 16.7 Å². The monoisotopic (exact) mass is 245 g/mol. The van der Waals surface area contributed by atoms with Gasteiger partial charge >= 0.3 is 5.69 Å². The number of aromatic amines is 1. The molecule has 0 radical (unpaired) electrons. The van der Waals surface area contributed by atoms with Crippen molar-refractivity contribution in [3.8, 4) is 5.69 Å². The van der Waals surface area contributed by atoms with Crippen molar-refractivity contribution in [1.29, 1.82) is 0 Å². The minimum atomic E-state index is -0.221. The third kappa shape index (κ3) is 1.54. The van der Waals surface area contributed by atoms with Crippen LogP contribution in [0.1, 0.15) is 0 Å². The van der Waals surface area contributed by atoms with Gasteiger partial charge in [0.25, 0.3) is 0 Å². The molecule has 0 atom stereocenters. The Labute approximate surface area is 101 Å². The number of fused-ring (bicyclic) bond motifs is 1. The maximum Gasteiger partial charge on any atom is 0.331 e. The Morgan fingerprint density at radius 2 is 2.12 bits per heavy atom. The number of pyridine rings is 1. The number of hydrogen-bond donors (Lipinski definition) is 1. The quantitative estimate of drug-likeness (QED) is 0.716. The van der Waals surface area contributed by atoms with Gasteiger partial charge in [-0.3, -0.25) is 9.55 Å². The summed E-state index contributed by atoms with van der Waals surface area (Å²) in [7, 11) is 0. The predicted molar refractivity (Wildman–Crippen MR) is 66.7 cm³/mol. The molecule has 0 fully saturated rings. The molecule has 2 heterocycles. The fourth-order valence-corrected chi connectivity index (χ4v) is 2.05. The molecule has 0 unspecified atom stereocenters. The number of hydrogen-bond acceptors (Lipinski definition) is 2. The number of halogens is 1. The van der Waals surface area contributed by atoms with E-state index in [4.69, 9.17) is 11.6 Å². The van der Waals surface area contributed by atoms with Crippen LogP contribution in [0.4, 0.5) is 0 Å². The number of H-pyrrole nitrogens is 1. The Morgan fingerprint density at radius 3 is 2.88 bits per heavy atom. The van der Waals surface area contributed by atoms with Gasteiger partial charge in [0.15, 0.2) is 0 Å². The first-order valence-corrected chi connectivity index (χ1v) is 5.45. The average Bonchev–Trinajstić information content (AvgIpc) is 2.68. The van der Waals surface area contributed by atoms with Gasteiger partial charge in [0.2, 0.25) is 0 Å². The molecular formula is C12H8ClN3O. The molecule has 0 aliphatic rings. The van der Waals surface area contributed by atoms with Crippen molar-refractivity contribution in [1.82, 2.24) is 14.5 Å². The van der Waals surface area contributed by atoms with Crippen LogP contribution in [0.5, 0.6) is 0 Å². The number of imidazole rings is 1. The van der Waals surface area contributed by atoms with Gasteiger partial charge in [0.05, 0.1) is 27.9 Å². The van der Waals surface area contributed by atoms with Crippen LogP contribution in [-0.4, -0.2) is 14.5 Å². The van der Waals surface area contributed by atoms with Crippen molar-refractivity contribution in [2.75, 3.05) is 0 Å². The summed E-state index contributed by atoms with van der Waals surface area (Å²) >= 11 is 6.03. The van der Waals surface area contributed by atoms with Gasteiger partial charge in [-0.1, -0.05) is 17.7 Å².